The van der Waals surface area contributed by atoms with E-state index in [1.165, 1.54) is 16.0 Å². The van der Waals surface area contributed by atoms with Crippen molar-refractivity contribution < 1.29 is 9.53 Å². The molecule has 2 aromatic rings. The lowest BCUT2D eigenvalue weighted by Crippen LogP contribution is -2.39. The molecule has 1 unspecified atom stereocenters. The number of carbonyl (C=O) groups excluding carboxylic acids is 1. The molecule has 7 heteroatoms. The molecule has 0 aliphatic carbocycles. The van der Waals surface area contributed by atoms with Gasteiger partial charge in [0.2, 0.25) is 5.82 Å². The topological polar surface area (TPSA) is 70.6 Å². The fourth-order valence-electron chi connectivity index (χ4n) is 4.11. The first kappa shape index (κ1) is 19.8. The average molecular weight is 396 g/mol. The molecule has 7 nitrogen and oxygen atoms in total. The molecule has 1 aromatic carbocycles. The zero-order chi connectivity index (χ0) is 20.5. The van der Waals surface area contributed by atoms with Gasteiger partial charge < -0.3 is 19.9 Å². The summed E-state index contributed by atoms with van der Waals surface area (Å²) in [6.45, 7) is 7.11. The lowest BCUT2D eigenvalue weighted by molar-refractivity contribution is 0.0792. The van der Waals surface area contributed by atoms with Crippen LogP contribution in [-0.4, -0.2) is 60.6 Å². The zero-order valence-electron chi connectivity index (χ0n) is 17.6. The van der Waals surface area contributed by atoms with E-state index in [9.17, 15) is 4.79 Å². The van der Waals surface area contributed by atoms with E-state index in [0.717, 1.165) is 36.6 Å². The molecule has 29 heavy (non-hydrogen) atoms. The summed E-state index contributed by atoms with van der Waals surface area (Å²) in [6, 6.07) is 9.05. The number of nitrogens with one attached hydrogen (secondary N) is 1. The number of carbonyl (C=O) groups is 1. The van der Waals surface area contributed by atoms with E-state index in [4.69, 9.17) is 4.74 Å². The first-order chi connectivity index (χ1) is 13.9. The third-order valence-corrected chi connectivity index (χ3v) is 5.86. The van der Waals surface area contributed by atoms with Gasteiger partial charge in [-0.05, 0) is 31.4 Å². The largest absolute Gasteiger partial charge is 0.375 e. The number of hydrogen-bond acceptors (Lipinski definition) is 6. The highest BCUT2D eigenvalue weighted by atomic mass is 16.5. The fourth-order valence-corrected chi connectivity index (χ4v) is 4.11. The molecule has 1 N–H and O–H groups in total. The summed E-state index contributed by atoms with van der Waals surface area (Å²) < 4.78 is 5.79. The van der Waals surface area contributed by atoms with Gasteiger partial charge in [-0.3, -0.25) is 4.79 Å². The SMILES string of the molecule is Cc1nc(C(=O)N(C)C)nc(N2CC[C@@H](NC3COCc4ccccc43)C2)c1C. The monoisotopic (exact) mass is 395 g/mol. The molecule has 0 spiro atoms. The molecule has 0 radical (unpaired) electrons. The Balaban J connectivity index is 1.50. The predicted molar refractivity (Wildman–Crippen MR) is 112 cm³/mol. The Morgan fingerprint density at radius 3 is 2.83 bits per heavy atom. The molecule has 1 amide bonds. The lowest BCUT2D eigenvalue weighted by atomic mass is 9.98. The predicted octanol–water partition coefficient (Wildman–Crippen LogP) is 2.24. The summed E-state index contributed by atoms with van der Waals surface area (Å²) in [5.74, 6) is 0.964. The van der Waals surface area contributed by atoms with E-state index in [2.05, 4.69) is 44.5 Å². The Hall–Kier alpha value is -2.51. The van der Waals surface area contributed by atoms with Crippen LogP contribution >= 0.6 is 0 Å². The van der Waals surface area contributed by atoms with Gasteiger partial charge in [0.05, 0.1) is 19.3 Å². The van der Waals surface area contributed by atoms with E-state index < -0.39 is 0 Å². The van der Waals surface area contributed by atoms with Crippen molar-refractivity contribution in [1.82, 2.24) is 20.2 Å². The van der Waals surface area contributed by atoms with Crippen molar-refractivity contribution in [1.29, 1.82) is 0 Å². The Kier molecular flexibility index (Phi) is 5.52. The van der Waals surface area contributed by atoms with Gasteiger partial charge in [-0.25, -0.2) is 9.97 Å². The van der Waals surface area contributed by atoms with Gasteiger partial charge in [0.25, 0.3) is 5.91 Å². The summed E-state index contributed by atoms with van der Waals surface area (Å²) in [6.07, 6.45) is 1.03. The molecule has 2 aliphatic heterocycles. The second kappa shape index (κ2) is 8.08. The van der Waals surface area contributed by atoms with E-state index in [1.807, 2.05) is 13.8 Å². The van der Waals surface area contributed by atoms with Crippen LogP contribution in [0.5, 0.6) is 0 Å². The van der Waals surface area contributed by atoms with Gasteiger partial charge in [-0.1, -0.05) is 24.3 Å². The number of fused-ring (bicyclic) bond motifs is 1. The van der Waals surface area contributed by atoms with Crippen LogP contribution in [0, 0.1) is 13.8 Å². The number of hydrogen-bond donors (Lipinski definition) is 1. The molecule has 4 rings (SSSR count). The summed E-state index contributed by atoms with van der Waals surface area (Å²) in [4.78, 5) is 25.2. The molecule has 154 valence electrons. The van der Waals surface area contributed by atoms with E-state index in [1.54, 1.807) is 14.1 Å². The normalized spacial score (nSPS) is 21.2. The van der Waals surface area contributed by atoms with Crippen molar-refractivity contribution in [3.05, 3.63) is 52.5 Å². The molecule has 0 saturated carbocycles. The molecule has 1 saturated heterocycles. The quantitative estimate of drug-likeness (QED) is 0.856. The maximum Gasteiger partial charge on any atom is 0.291 e. The van der Waals surface area contributed by atoms with Crippen molar-refractivity contribution in [2.75, 3.05) is 38.7 Å². The number of anilines is 1. The van der Waals surface area contributed by atoms with Gasteiger partial charge in [0.1, 0.15) is 5.82 Å². The van der Waals surface area contributed by atoms with Crippen molar-refractivity contribution >= 4 is 11.7 Å². The highest BCUT2D eigenvalue weighted by Crippen LogP contribution is 2.28. The molecule has 3 heterocycles. The zero-order valence-corrected chi connectivity index (χ0v) is 17.6. The van der Waals surface area contributed by atoms with Crippen LogP contribution in [0.3, 0.4) is 0 Å². The smallest absolute Gasteiger partial charge is 0.291 e. The third kappa shape index (κ3) is 3.97. The molecule has 0 bridgehead atoms. The Morgan fingerprint density at radius 2 is 2.03 bits per heavy atom. The number of aryl methyl sites for hydroxylation is 1. The second-order valence-corrected chi connectivity index (χ2v) is 8.15. The van der Waals surface area contributed by atoms with Crippen LogP contribution < -0.4 is 10.2 Å². The Morgan fingerprint density at radius 1 is 1.24 bits per heavy atom. The minimum absolute atomic E-state index is 0.167. The van der Waals surface area contributed by atoms with Crippen molar-refractivity contribution in [3.63, 3.8) is 0 Å². The summed E-state index contributed by atoms with van der Waals surface area (Å²) >= 11 is 0. The highest BCUT2D eigenvalue weighted by Gasteiger charge is 2.30. The van der Waals surface area contributed by atoms with Crippen LogP contribution in [0.4, 0.5) is 5.82 Å². The molecular weight excluding hydrogens is 366 g/mol. The van der Waals surface area contributed by atoms with Gasteiger partial charge in [-0.2, -0.15) is 0 Å². The standard InChI is InChI=1S/C22H29N5O2/c1-14-15(2)23-20(22(28)26(3)4)25-21(14)27-10-9-17(11-27)24-19-13-29-12-16-7-5-6-8-18(16)19/h5-8,17,19,24H,9-13H2,1-4H3/t17-,19?/m1/s1. The summed E-state index contributed by atoms with van der Waals surface area (Å²) in [5.41, 5.74) is 4.49. The first-order valence-electron chi connectivity index (χ1n) is 10.2. The van der Waals surface area contributed by atoms with Gasteiger partial charge in [0.15, 0.2) is 0 Å². The summed E-state index contributed by atoms with van der Waals surface area (Å²) in [5, 5.41) is 3.78. The Labute approximate surface area is 172 Å². The molecule has 2 atom stereocenters. The number of benzene rings is 1. The molecule has 2 aliphatic rings. The minimum atomic E-state index is -0.167. The number of aromatic nitrogens is 2. The highest BCUT2D eigenvalue weighted by molar-refractivity contribution is 5.90. The molecular formula is C22H29N5O2. The number of amides is 1. The average Bonchev–Trinajstić information content (AvgIpc) is 3.18. The van der Waals surface area contributed by atoms with Crippen molar-refractivity contribution in [2.24, 2.45) is 0 Å². The first-order valence-corrected chi connectivity index (χ1v) is 10.2. The maximum atomic E-state index is 12.4. The van der Waals surface area contributed by atoms with Crippen LogP contribution in [0.25, 0.3) is 0 Å². The maximum absolute atomic E-state index is 12.4. The summed E-state index contributed by atoms with van der Waals surface area (Å²) in [7, 11) is 3.45. The minimum Gasteiger partial charge on any atom is -0.375 e. The third-order valence-electron chi connectivity index (χ3n) is 5.86. The van der Waals surface area contributed by atoms with Gasteiger partial charge >= 0.3 is 0 Å². The number of nitrogens with zero attached hydrogens (tertiary/aromatic N) is 4. The van der Waals surface area contributed by atoms with Crippen molar-refractivity contribution in [2.45, 2.75) is 39.0 Å². The number of rotatable bonds is 4. The van der Waals surface area contributed by atoms with E-state index >= 15 is 0 Å². The van der Waals surface area contributed by atoms with E-state index in [0.29, 0.717) is 19.3 Å². The lowest BCUT2D eigenvalue weighted by Gasteiger charge is -2.29. The van der Waals surface area contributed by atoms with Crippen LogP contribution in [0.1, 0.15) is 45.5 Å². The van der Waals surface area contributed by atoms with E-state index in [-0.39, 0.29) is 17.8 Å². The molecule has 1 fully saturated rings. The van der Waals surface area contributed by atoms with Gasteiger partial charge in [-0.15, -0.1) is 0 Å². The van der Waals surface area contributed by atoms with Crippen LogP contribution in [-0.2, 0) is 11.3 Å². The molecule has 1 aromatic heterocycles. The van der Waals surface area contributed by atoms with Crippen molar-refractivity contribution in [3.8, 4) is 0 Å². The van der Waals surface area contributed by atoms with Crippen LogP contribution in [0.15, 0.2) is 24.3 Å². The fraction of sp³-hybridized carbons (Fsp3) is 0.500. The van der Waals surface area contributed by atoms with Crippen LogP contribution in [0.2, 0.25) is 0 Å². The Bertz CT molecular complexity index is 914. The second-order valence-electron chi connectivity index (χ2n) is 8.15. The number of ether oxygens (including phenoxy) is 1. The van der Waals surface area contributed by atoms with Gasteiger partial charge in [0, 0.05) is 44.5 Å².